The first-order valence-corrected chi connectivity index (χ1v) is 6.53. The summed E-state index contributed by atoms with van der Waals surface area (Å²) in [6.07, 6.45) is 4.57. The fourth-order valence-electron chi connectivity index (χ4n) is 2.32. The molecule has 0 aromatic heterocycles. The highest BCUT2D eigenvalue weighted by Crippen LogP contribution is 2.20. The average molecular weight is 227 g/mol. The molecule has 0 bridgehead atoms. The summed E-state index contributed by atoms with van der Waals surface area (Å²) >= 11 is 0. The molecule has 0 spiro atoms. The molecule has 0 radical (unpaired) electrons. The fraction of sp³-hybridized carbons (Fsp3) is 0.375. The van der Waals surface area contributed by atoms with Gasteiger partial charge in [0.2, 0.25) is 0 Å². The predicted molar refractivity (Wildman–Crippen MR) is 75.2 cm³/mol. The maximum absolute atomic E-state index is 6.18. The molecular formula is C16H21N. The normalized spacial score (nSPS) is 12.8. The Morgan fingerprint density at radius 1 is 1.06 bits per heavy atom. The van der Waals surface area contributed by atoms with E-state index in [1.54, 1.807) is 0 Å². The standard InChI is InChI=1S/C16H21N/c1-2-3-10-15(17)12-14-9-6-8-13-7-4-5-11-16(13)14/h4-9,11,15H,2-3,10,12,17H2,1H3. The lowest BCUT2D eigenvalue weighted by Crippen LogP contribution is -2.22. The van der Waals surface area contributed by atoms with Gasteiger partial charge in [0.15, 0.2) is 0 Å². The predicted octanol–water partition coefficient (Wildman–Crippen LogP) is 3.90. The van der Waals surface area contributed by atoms with Crippen LogP contribution in [0.15, 0.2) is 42.5 Å². The molecule has 1 nitrogen and oxygen atoms in total. The molecule has 0 aliphatic heterocycles. The Hall–Kier alpha value is -1.34. The van der Waals surface area contributed by atoms with Gasteiger partial charge in [0.25, 0.3) is 0 Å². The van der Waals surface area contributed by atoms with Gasteiger partial charge in [-0.25, -0.2) is 0 Å². The lowest BCUT2D eigenvalue weighted by molar-refractivity contribution is 0.575. The second kappa shape index (κ2) is 5.83. The van der Waals surface area contributed by atoms with Crippen LogP contribution < -0.4 is 5.73 Å². The van der Waals surface area contributed by atoms with E-state index in [-0.39, 0.29) is 0 Å². The summed E-state index contributed by atoms with van der Waals surface area (Å²) < 4.78 is 0. The van der Waals surface area contributed by atoms with Crippen molar-refractivity contribution in [2.24, 2.45) is 5.73 Å². The van der Waals surface area contributed by atoms with Crippen LogP contribution in [0, 0.1) is 0 Å². The van der Waals surface area contributed by atoms with Crippen molar-refractivity contribution in [2.75, 3.05) is 0 Å². The molecule has 1 atom stereocenters. The van der Waals surface area contributed by atoms with Crippen molar-refractivity contribution in [3.05, 3.63) is 48.0 Å². The molecule has 2 N–H and O–H groups in total. The average Bonchev–Trinajstić information content (AvgIpc) is 2.37. The zero-order valence-electron chi connectivity index (χ0n) is 10.5. The highest BCUT2D eigenvalue weighted by Gasteiger charge is 2.06. The number of hydrogen-bond acceptors (Lipinski definition) is 1. The van der Waals surface area contributed by atoms with E-state index in [9.17, 15) is 0 Å². The molecule has 2 rings (SSSR count). The Kier molecular flexibility index (Phi) is 4.16. The summed E-state index contributed by atoms with van der Waals surface area (Å²) in [5.74, 6) is 0. The van der Waals surface area contributed by atoms with Crippen LogP contribution in [-0.4, -0.2) is 6.04 Å². The number of nitrogens with two attached hydrogens (primary N) is 1. The van der Waals surface area contributed by atoms with Gasteiger partial charge in [0.05, 0.1) is 0 Å². The van der Waals surface area contributed by atoms with Crippen molar-refractivity contribution in [3.8, 4) is 0 Å². The molecule has 0 saturated heterocycles. The molecule has 0 aliphatic rings. The third-order valence-electron chi connectivity index (χ3n) is 3.29. The van der Waals surface area contributed by atoms with Crippen molar-refractivity contribution < 1.29 is 0 Å². The number of rotatable bonds is 5. The van der Waals surface area contributed by atoms with Crippen LogP contribution in [-0.2, 0) is 6.42 Å². The van der Waals surface area contributed by atoms with E-state index in [1.807, 2.05) is 0 Å². The second-order valence-electron chi connectivity index (χ2n) is 4.74. The number of hydrogen-bond donors (Lipinski definition) is 1. The third kappa shape index (κ3) is 3.07. The fourth-order valence-corrected chi connectivity index (χ4v) is 2.32. The van der Waals surface area contributed by atoms with E-state index < -0.39 is 0 Å². The molecule has 17 heavy (non-hydrogen) atoms. The minimum Gasteiger partial charge on any atom is -0.327 e. The topological polar surface area (TPSA) is 26.0 Å². The van der Waals surface area contributed by atoms with Crippen molar-refractivity contribution >= 4 is 10.8 Å². The minimum absolute atomic E-state index is 0.292. The van der Waals surface area contributed by atoms with Crippen molar-refractivity contribution in [2.45, 2.75) is 38.6 Å². The van der Waals surface area contributed by atoms with Gasteiger partial charge in [-0.1, -0.05) is 62.2 Å². The van der Waals surface area contributed by atoms with Gasteiger partial charge in [0.1, 0.15) is 0 Å². The largest absolute Gasteiger partial charge is 0.327 e. The van der Waals surface area contributed by atoms with Gasteiger partial charge in [-0.05, 0) is 29.2 Å². The SMILES string of the molecule is CCCCC(N)Cc1cccc2ccccc12. The first-order valence-electron chi connectivity index (χ1n) is 6.53. The van der Waals surface area contributed by atoms with Gasteiger partial charge in [-0.3, -0.25) is 0 Å². The van der Waals surface area contributed by atoms with Crippen LogP contribution in [0.5, 0.6) is 0 Å². The van der Waals surface area contributed by atoms with Gasteiger partial charge in [-0.2, -0.15) is 0 Å². The van der Waals surface area contributed by atoms with E-state index in [0.29, 0.717) is 6.04 Å². The zero-order valence-corrected chi connectivity index (χ0v) is 10.5. The second-order valence-corrected chi connectivity index (χ2v) is 4.74. The summed E-state index contributed by atoms with van der Waals surface area (Å²) in [5.41, 5.74) is 7.56. The molecule has 2 aromatic rings. The molecule has 1 heteroatoms. The molecule has 0 fully saturated rings. The molecular weight excluding hydrogens is 206 g/mol. The van der Waals surface area contributed by atoms with Crippen LogP contribution in [0.1, 0.15) is 31.7 Å². The maximum atomic E-state index is 6.18. The van der Waals surface area contributed by atoms with Crippen LogP contribution in [0.4, 0.5) is 0 Å². The number of benzene rings is 2. The number of unbranched alkanes of at least 4 members (excludes halogenated alkanes) is 1. The first kappa shape index (κ1) is 12.1. The summed E-state index contributed by atoms with van der Waals surface area (Å²) in [4.78, 5) is 0. The van der Waals surface area contributed by atoms with Crippen LogP contribution in [0.2, 0.25) is 0 Å². The van der Waals surface area contributed by atoms with Gasteiger partial charge in [0, 0.05) is 6.04 Å². The molecule has 0 saturated carbocycles. The van der Waals surface area contributed by atoms with Crippen LogP contribution in [0.25, 0.3) is 10.8 Å². The lowest BCUT2D eigenvalue weighted by Gasteiger charge is -2.13. The summed E-state index contributed by atoms with van der Waals surface area (Å²) in [7, 11) is 0. The van der Waals surface area contributed by atoms with Crippen molar-refractivity contribution in [3.63, 3.8) is 0 Å². The molecule has 0 heterocycles. The molecule has 0 aliphatic carbocycles. The van der Waals surface area contributed by atoms with Crippen LogP contribution in [0.3, 0.4) is 0 Å². The molecule has 90 valence electrons. The van der Waals surface area contributed by atoms with Crippen molar-refractivity contribution in [1.82, 2.24) is 0 Å². The summed E-state index contributed by atoms with van der Waals surface area (Å²) in [5, 5.41) is 2.66. The van der Waals surface area contributed by atoms with Gasteiger partial charge >= 0.3 is 0 Å². The Morgan fingerprint density at radius 2 is 1.82 bits per heavy atom. The van der Waals surface area contributed by atoms with Gasteiger partial charge < -0.3 is 5.73 Å². The van der Waals surface area contributed by atoms with Crippen LogP contribution >= 0.6 is 0 Å². The Bertz CT molecular complexity index is 470. The molecule has 2 aromatic carbocycles. The first-order chi connectivity index (χ1) is 8.31. The quantitative estimate of drug-likeness (QED) is 0.823. The highest BCUT2D eigenvalue weighted by atomic mass is 14.6. The maximum Gasteiger partial charge on any atom is 0.00795 e. The lowest BCUT2D eigenvalue weighted by atomic mass is 9.97. The van der Waals surface area contributed by atoms with E-state index in [4.69, 9.17) is 5.73 Å². The Morgan fingerprint density at radius 3 is 2.65 bits per heavy atom. The summed E-state index contributed by atoms with van der Waals surface area (Å²) in [6, 6.07) is 15.3. The smallest absolute Gasteiger partial charge is 0.00795 e. The molecule has 1 unspecified atom stereocenters. The summed E-state index contributed by atoms with van der Waals surface area (Å²) in [6.45, 7) is 2.21. The van der Waals surface area contributed by atoms with E-state index in [2.05, 4.69) is 49.4 Å². The monoisotopic (exact) mass is 227 g/mol. The Balaban J connectivity index is 2.18. The Labute approximate surface area is 104 Å². The van der Waals surface area contributed by atoms with E-state index in [1.165, 1.54) is 29.2 Å². The van der Waals surface area contributed by atoms with E-state index >= 15 is 0 Å². The molecule has 0 amide bonds. The van der Waals surface area contributed by atoms with Gasteiger partial charge in [-0.15, -0.1) is 0 Å². The minimum atomic E-state index is 0.292. The van der Waals surface area contributed by atoms with Crippen molar-refractivity contribution in [1.29, 1.82) is 0 Å². The van der Waals surface area contributed by atoms with E-state index in [0.717, 1.165) is 12.8 Å². The third-order valence-corrected chi connectivity index (χ3v) is 3.29. The highest BCUT2D eigenvalue weighted by molar-refractivity contribution is 5.85. The zero-order chi connectivity index (χ0) is 12.1. The number of fused-ring (bicyclic) bond motifs is 1.